The van der Waals surface area contributed by atoms with Gasteiger partial charge < -0.3 is 5.11 Å². The number of pyridine rings is 1. The number of hydrogen-bond donors (Lipinski definition) is 1. The van der Waals surface area contributed by atoms with E-state index in [1.54, 1.807) is 13.0 Å². The number of aliphatic carboxylic acids is 1. The van der Waals surface area contributed by atoms with Crippen molar-refractivity contribution in [1.82, 2.24) is 9.97 Å². The molecule has 1 N–H and O–H groups in total. The van der Waals surface area contributed by atoms with Crippen molar-refractivity contribution in [1.29, 1.82) is 0 Å². The summed E-state index contributed by atoms with van der Waals surface area (Å²) in [7, 11) is 0. The van der Waals surface area contributed by atoms with E-state index in [0.29, 0.717) is 27.9 Å². The van der Waals surface area contributed by atoms with E-state index in [4.69, 9.17) is 5.11 Å². The molecule has 9 heteroatoms. The molecule has 4 aromatic rings. The second-order valence-electron chi connectivity index (χ2n) is 6.82. The number of benzene rings is 2. The summed E-state index contributed by atoms with van der Waals surface area (Å²) in [6, 6.07) is 11.5. The van der Waals surface area contributed by atoms with Crippen molar-refractivity contribution in [2.24, 2.45) is 0 Å². The molecule has 1 unspecified atom stereocenters. The number of fused-ring (bicyclic) bond motifs is 1. The smallest absolute Gasteiger partial charge is 0.307 e. The lowest BCUT2D eigenvalue weighted by molar-refractivity contribution is -0.136. The minimum atomic E-state index is -1.29. The molecule has 0 aliphatic heterocycles. The molecule has 1 atom stereocenters. The van der Waals surface area contributed by atoms with Gasteiger partial charge in [0.2, 0.25) is 0 Å². The van der Waals surface area contributed by atoms with Crippen LogP contribution in [0.3, 0.4) is 0 Å². The molecular weight excluding hydrogens is 449 g/mol. The second kappa shape index (κ2) is 9.03. The first-order valence-electron chi connectivity index (χ1n) is 9.05. The lowest BCUT2D eigenvalue weighted by Gasteiger charge is -2.15. The summed E-state index contributed by atoms with van der Waals surface area (Å²) in [5.41, 5.74) is 2.23. The monoisotopic (exact) mass is 464 g/mol. The maximum absolute atomic E-state index is 14.1. The highest BCUT2D eigenvalue weighted by Gasteiger charge is 2.23. The fourth-order valence-corrected chi connectivity index (χ4v) is 4.32. The van der Waals surface area contributed by atoms with E-state index in [0.717, 1.165) is 16.9 Å². The Kier molecular flexibility index (Phi) is 6.62. The molecule has 0 saturated heterocycles. The van der Waals surface area contributed by atoms with Gasteiger partial charge in [-0.3, -0.25) is 9.78 Å². The Balaban J connectivity index is 0.00000272. The van der Waals surface area contributed by atoms with Gasteiger partial charge in [-0.25, -0.2) is 18.2 Å². The van der Waals surface area contributed by atoms with Gasteiger partial charge in [0.1, 0.15) is 16.3 Å². The van der Waals surface area contributed by atoms with Crippen LogP contribution < -0.4 is 0 Å². The van der Waals surface area contributed by atoms with Crippen LogP contribution in [0.15, 0.2) is 48.7 Å². The Morgan fingerprint density at radius 3 is 2.52 bits per heavy atom. The number of halogens is 4. The highest BCUT2D eigenvalue weighted by molar-refractivity contribution is 7.18. The molecule has 2 aromatic heterocycles. The first-order valence-corrected chi connectivity index (χ1v) is 9.86. The van der Waals surface area contributed by atoms with Crippen molar-refractivity contribution in [2.75, 3.05) is 0 Å². The third kappa shape index (κ3) is 4.40. The maximum Gasteiger partial charge on any atom is 0.307 e. The summed E-state index contributed by atoms with van der Waals surface area (Å²) in [5.74, 6) is -4.81. The molecule has 2 aromatic carbocycles. The molecule has 0 saturated carbocycles. The normalized spacial score (nSPS) is 11.9. The Morgan fingerprint density at radius 2 is 1.84 bits per heavy atom. The van der Waals surface area contributed by atoms with Gasteiger partial charge in [-0.15, -0.1) is 23.7 Å². The lowest BCUT2D eigenvalue weighted by Crippen LogP contribution is -2.05. The quantitative estimate of drug-likeness (QED) is 0.369. The zero-order valence-electron chi connectivity index (χ0n) is 16.1. The highest BCUT2D eigenvalue weighted by atomic mass is 35.5. The molecule has 160 valence electrons. The maximum atomic E-state index is 14.1. The molecule has 0 aliphatic rings. The fourth-order valence-electron chi connectivity index (χ4n) is 3.28. The molecule has 0 aliphatic carbocycles. The van der Waals surface area contributed by atoms with E-state index in [9.17, 15) is 18.0 Å². The number of hydrogen-bond acceptors (Lipinski definition) is 4. The number of carboxylic acid groups (broad SMARTS) is 1. The highest BCUT2D eigenvalue weighted by Crippen LogP contribution is 2.38. The summed E-state index contributed by atoms with van der Waals surface area (Å²) in [6.07, 6.45) is 1.29. The van der Waals surface area contributed by atoms with Crippen LogP contribution in [0.1, 0.15) is 29.0 Å². The average Bonchev–Trinajstić information content (AvgIpc) is 3.18. The van der Waals surface area contributed by atoms with Crippen LogP contribution in [0.2, 0.25) is 0 Å². The largest absolute Gasteiger partial charge is 0.481 e. The second-order valence-corrected chi connectivity index (χ2v) is 7.85. The number of thiazole rings is 1. The van der Waals surface area contributed by atoms with E-state index in [1.807, 2.05) is 30.3 Å². The van der Waals surface area contributed by atoms with Gasteiger partial charge in [0.25, 0.3) is 0 Å². The van der Waals surface area contributed by atoms with Crippen LogP contribution in [0.4, 0.5) is 13.2 Å². The predicted molar refractivity (Wildman–Crippen MR) is 115 cm³/mol. The van der Waals surface area contributed by atoms with Gasteiger partial charge >= 0.3 is 5.97 Å². The number of carboxylic acids is 1. The van der Waals surface area contributed by atoms with Crippen molar-refractivity contribution in [3.63, 3.8) is 0 Å². The Bertz CT molecular complexity index is 1260. The summed E-state index contributed by atoms with van der Waals surface area (Å²) in [6.45, 7) is 1.79. The van der Waals surface area contributed by atoms with Crippen LogP contribution in [0.5, 0.6) is 0 Å². The molecule has 4 nitrogen and oxygen atoms in total. The number of carbonyl (C=O) groups is 1. The third-order valence-electron chi connectivity index (χ3n) is 4.74. The summed E-state index contributed by atoms with van der Waals surface area (Å²) in [5, 5.41) is 9.50. The van der Waals surface area contributed by atoms with Crippen molar-refractivity contribution in [3.05, 3.63) is 82.2 Å². The van der Waals surface area contributed by atoms with Gasteiger partial charge in [0.05, 0.1) is 16.8 Å². The van der Waals surface area contributed by atoms with E-state index in [1.165, 1.54) is 6.20 Å². The van der Waals surface area contributed by atoms with Crippen molar-refractivity contribution >= 4 is 39.9 Å². The Hall–Kier alpha value is -2.97. The molecule has 0 radical (unpaired) electrons. The van der Waals surface area contributed by atoms with E-state index < -0.39 is 29.3 Å². The predicted octanol–water partition coefficient (Wildman–Crippen LogP) is 5.98. The molecular formula is C22H16ClF3N2O2S. The minimum Gasteiger partial charge on any atom is -0.481 e. The molecule has 0 amide bonds. The van der Waals surface area contributed by atoms with Gasteiger partial charge in [-0.05, 0) is 11.1 Å². The average molecular weight is 465 g/mol. The Labute approximate surface area is 185 Å². The standard InChI is InChI=1S/C22H15F3N2O2S.ClH/c1-11(22-27-20-18(25)15(23)9-16(24)21(20)30-22)14-7-12(8-17(28)29)10-26-19(14)13-5-3-2-4-6-13;/h2-7,9-11H,8H2,1H3,(H,28,29);1H. The van der Waals surface area contributed by atoms with Crippen molar-refractivity contribution in [3.8, 4) is 11.3 Å². The molecule has 4 rings (SSSR count). The SMILES string of the molecule is CC(c1nc2c(F)c(F)cc(F)c2s1)c1cc(CC(=O)O)cnc1-c1ccccc1.Cl. The lowest BCUT2D eigenvalue weighted by atomic mass is 9.94. The minimum absolute atomic E-state index is 0. The summed E-state index contributed by atoms with van der Waals surface area (Å²) >= 11 is 0.936. The molecule has 2 heterocycles. The summed E-state index contributed by atoms with van der Waals surface area (Å²) < 4.78 is 41.8. The van der Waals surface area contributed by atoms with Crippen molar-refractivity contribution < 1.29 is 23.1 Å². The van der Waals surface area contributed by atoms with Crippen LogP contribution in [0.25, 0.3) is 21.5 Å². The van der Waals surface area contributed by atoms with E-state index >= 15 is 0 Å². The topological polar surface area (TPSA) is 63.1 Å². The number of aromatic nitrogens is 2. The molecule has 31 heavy (non-hydrogen) atoms. The van der Waals surface area contributed by atoms with Crippen LogP contribution >= 0.6 is 23.7 Å². The summed E-state index contributed by atoms with van der Waals surface area (Å²) in [4.78, 5) is 19.8. The van der Waals surface area contributed by atoms with Crippen molar-refractivity contribution in [2.45, 2.75) is 19.3 Å². The molecule has 0 bridgehead atoms. The van der Waals surface area contributed by atoms with Gasteiger partial charge in [0.15, 0.2) is 11.6 Å². The van der Waals surface area contributed by atoms with E-state index in [2.05, 4.69) is 9.97 Å². The Morgan fingerprint density at radius 1 is 1.13 bits per heavy atom. The third-order valence-corrected chi connectivity index (χ3v) is 5.99. The van der Waals surface area contributed by atoms with E-state index in [-0.39, 0.29) is 29.0 Å². The van der Waals surface area contributed by atoms with Crippen LogP contribution in [0, 0.1) is 17.5 Å². The zero-order valence-corrected chi connectivity index (χ0v) is 17.7. The van der Waals surface area contributed by atoms with Gasteiger partial charge in [-0.2, -0.15) is 0 Å². The number of rotatable bonds is 5. The molecule has 0 fully saturated rings. The fraction of sp³-hybridized carbons (Fsp3) is 0.136. The molecule has 0 spiro atoms. The van der Waals surface area contributed by atoms with Gasteiger partial charge in [0, 0.05) is 23.7 Å². The van der Waals surface area contributed by atoms with Crippen LogP contribution in [-0.4, -0.2) is 21.0 Å². The first-order chi connectivity index (χ1) is 14.3. The first kappa shape index (κ1) is 22.7. The number of nitrogens with zero attached hydrogens (tertiary/aromatic N) is 2. The zero-order chi connectivity index (χ0) is 21.4. The van der Waals surface area contributed by atoms with Crippen LogP contribution in [-0.2, 0) is 11.2 Å². The van der Waals surface area contributed by atoms with Gasteiger partial charge in [-0.1, -0.05) is 43.3 Å².